The van der Waals surface area contributed by atoms with Crippen molar-refractivity contribution in [2.45, 2.75) is 11.7 Å². The summed E-state index contributed by atoms with van der Waals surface area (Å²) in [6.45, 7) is 0. The van der Waals surface area contributed by atoms with Crippen LogP contribution in [-0.2, 0) is 0 Å². The lowest BCUT2D eigenvalue weighted by atomic mass is 10.0. The quantitative estimate of drug-likeness (QED) is 0.626. The Morgan fingerprint density at radius 2 is 1.81 bits per heavy atom. The van der Waals surface area contributed by atoms with Gasteiger partial charge >= 0.3 is 0 Å². The average molecular weight is 302 g/mol. The zero-order valence-electron chi connectivity index (χ0n) is 11.9. The van der Waals surface area contributed by atoms with Gasteiger partial charge in [0.25, 0.3) is 0 Å². The summed E-state index contributed by atoms with van der Waals surface area (Å²) in [4.78, 5) is 12.3. The molecule has 110 valence electrons. The van der Waals surface area contributed by atoms with Gasteiger partial charge in [-0.3, -0.25) is 4.79 Å². The van der Waals surface area contributed by atoms with Gasteiger partial charge in [-0.25, -0.2) is 0 Å². The van der Waals surface area contributed by atoms with Crippen LogP contribution in [-0.4, -0.2) is 23.9 Å². The summed E-state index contributed by atoms with van der Waals surface area (Å²) < 4.78 is 5.14. The highest BCUT2D eigenvalue weighted by molar-refractivity contribution is 7.99. The summed E-state index contributed by atoms with van der Waals surface area (Å²) in [6.07, 6.45) is 0.363. The Kier molecular flexibility index (Phi) is 5.84. The van der Waals surface area contributed by atoms with E-state index in [1.165, 1.54) is 11.8 Å². The fourth-order valence-corrected chi connectivity index (χ4v) is 2.89. The Balaban J connectivity index is 2.13. The maximum absolute atomic E-state index is 12.3. The summed E-state index contributed by atoms with van der Waals surface area (Å²) in [7, 11) is 1.62. The topological polar surface area (TPSA) is 46.5 Å². The highest BCUT2D eigenvalue weighted by atomic mass is 32.2. The van der Waals surface area contributed by atoms with Crippen molar-refractivity contribution in [3.8, 4) is 5.75 Å². The van der Waals surface area contributed by atoms with Gasteiger partial charge in [0, 0.05) is 17.2 Å². The first kappa shape index (κ1) is 15.6. The second-order valence-electron chi connectivity index (χ2n) is 4.55. The minimum absolute atomic E-state index is 0.0151. The average Bonchev–Trinajstić information content (AvgIpc) is 2.55. The number of aliphatic hydroxyl groups is 1. The van der Waals surface area contributed by atoms with Crippen LogP contribution in [0.25, 0.3) is 0 Å². The molecule has 21 heavy (non-hydrogen) atoms. The Morgan fingerprint density at radius 1 is 1.14 bits per heavy atom. The molecule has 0 aromatic heterocycles. The number of carbonyl (C=O) groups is 1. The molecule has 2 aromatic carbocycles. The molecule has 0 saturated heterocycles. The maximum Gasteiger partial charge on any atom is 0.164 e. The van der Waals surface area contributed by atoms with E-state index in [9.17, 15) is 9.90 Å². The van der Waals surface area contributed by atoms with Gasteiger partial charge in [-0.2, -0.15) is 0 Å². The predicted molar refractivity (Wildman–Crippen MR) is 85.8 cm³/mol. The van der Waals surface area contributed by atoms with Gasteiger partial charge in [-0.15, -0.1) is 11.8 Å². The Morgan fingerprint density at radius 3 is 2.38 bits per heavy atom. The highest BCUT2D eigenvalue weighted by Crippen LogP contribution is 2.33. The molecular weight excluding hydrogens is 284 g/mol. The molecule has 1 atom stereocenters. The standard InChI is InChI=1S/C17H18O3S/c1-20-15-9-7-14(8-10-15)17(21-12-18)11-16(19)13-5-3-2-4-6-13/h2-10,17-18H,11-12H2,1H3. The number of hydrogen-bond acceptors (Lipinski definition) is 4. The number of thioether (sulfide) groups is 1. The number of benzene rings is 2. The number of aliphatic hydroxyl groups excluding tert-OH is 1. The van der Waals surface area contributed by atoms with Gasteiger partial charge in [-0.05, 0) is 17.7 Å². The number of Topliss-reactive ketones (excluding diaryl/α,β-unsaturated/α-hetero) is 1. The molecule has 0 amide bonds. The molecule has 4 heteroatoms. The third kappa shape index (κ3) is 4.34. The molecule has 1 unspecified atom stereocenters. The lowest BCUT2D eigenvalue weighted by Gasteiger charge is -2.15. The molecule has 0 saturated carbocycles. The molecule has 0 fully saturated rings. The first-order chi connectivity index (χ1) is 10.2. The van der Waals surface area contributed by atoms with E-state index in [0.29, 0.717) is 12.0 Å². The van der Waals surface area contributed by atoms with Gasteiger partial charge in [-0.1, -0.05) is 42.5 Å². The second kappa shape index (κ2) is 7.86. The van der Waals surface area contributed by atoms with Crippen molar-refractivity contribution >= 4 is 17.5 Å². The molecule has 3 nitrogen and oxygen atoms in total. The summed E-state index contributed by atoms with van der Waals surface area (Å²) in [5.74, 6) is 0.844. The van der Waals surface area contributed by atoms with Crippen LogP contribution in [0.5, 0.6) is 5.75 Å². The van der Waals surface area contributed by atoms with Gasteiger partial charge < -0.3 is 9.84 Å². The minimum atomic E-state index is -0.0615. The van der Waals surface area contributed by atoms with Crippen LogP contribution in [0.3, 0.4) is 0 Å². The van der Waals surface area contributed by atoms with Crippen molar-refractivity contribution in [3.05, 3.63) is 65.7 Å². The fraction of sp³-hybridized carbons (Fsp3) is 0.235. The van der Waals surface area contributed by atoms with Crippen molar-refractivity contribution < 1.29 is 14.6 Å². The van der Waals surface area contributed by atoms with Gasteiger partial charge in [0.1, 0.15) is 5.75 Å². The maximum atomic E-state index is 12.3. The van der Waals surface area contributed by atoms with E-state index >= 15 is 0 Å². The van der Waals surface area contributed by atoms with E-state index in [0.717, 1.165) is 11.3 Å². The lowest BCUT2D eigenvalue weighted by Crippen LogP contribution is -2.06. The monoisotopic (exact) mass is 302 g/mol. The van der Waals surface area contributed by atoms with Crippen LogP contribution < -0.4 is 4.74 Å². The molecule has 0 bridgehead atoms. The van der Waals surface area contributed by atoms with Crippen LogP contribution in [0.2, 0.25) is 0 Å². The van der Waals surface area contributed by atoms with Crippen LogP contribution in [0.1, 0.15) is 27.6 Å². The van der Waals surface area contributed by atoms with E-state index < -0.39 is 0 Å². The largest absolute Gasteiger partial charge is 0.497 e. The zero-order valence-corrected chi connectivity index (χ0v) is 12.7. The zero-order chi connectivity index (χ0) is 15.1. The molecule has 0 aliphatic rings. The number of ketones is 1. The summed E-state index contributed by atoms with van der Waals surface area (Å²) in [5.41, 5.74) is 1.72. The minimum Gasteiger partial charge on any atom is -0.497 e. The van der Waals surface area contributed by atoms with Crippen LogP contribution in [0, 0.1) is 0 Å². The van der Waals surface area contributed by atoms with Crippen molar-refractivity contribution in [2.24, 2.45) is 0 Å². The summed E-state index contributed by atoms with van der Waals surface area (Å²) in [5, 5.41) is 9.15. The molecule has 2 rings (SSSR count). The Bertz CT molecular complexity index is 566. The van der Waals surface area contributed by atoms with Gasteiger partial charge in [0.15, 0.2) is 5.78 Å². The van der Waals surface area contributed by atoms with E-state index in [1.54, 1.807) is 7.11 Å². The molecule has 0 heterocycles. The van der Waals surface area contributed by atoms with Gasteiger partial charge in [0.05, 0.1) is 13.0 Å². The molecule has 0 aliphatic carbocycles. The van der Waals surface area contributed by atoms with Crippen LogP contribution >= 0.6 is 11.8 Å². The number of hydrogen-bond donors (Lipinski definition) is 1. The molecule has 2 aromatic rings. The molecule has 0 aliphatic heterocycles. The van der Waals surface area contributed by atoms with Crippen molar-refractivity contribution in [3.63, 3.8) is 0 Å². The summed E-state index contributed by atoms with van der Waals surface area (Å²) in [6, 6.07) is 16.8. The molecule has 0 spiro atoms. The Labute approximate surface area is 129 Å². The molecular formula is C17H18O3S. The van der Waals surface area contributed by atoms with Gasteiger partial charge in [0.2, 0.25) is 0 Å². The van der Waals surface area contributed by atoms with E-state index in [-0.39, 0.29) is 17.0 Å². The number of rotatable bonds is 7. The lowest BCUT2D eigenvalue weighted by molar-refractivity contribution is 0.0982. The highest BCUT2D eigenvalue weighted by Gasteiger charge is 2.17. The molecule has 0 radical (unpaired) electrons. The van der Waals surface area contributed by atoms with Crippen molar-refractivity contribution in [1.82, 2.24) is 0 Å². The number of carbonyl (C=O) groups excluding carboxylic acids is 1. The third-order valence-electron chi connectivity index (χ3n) is 3.23. The third-order valence-corrected chi connectivity index (χ3v) is 4.22. The predicted octanol–water partition coefficient (Wildman–Crippen LogP) is 3.69. The Hall–Kier alpha value is -1.78. The molecule has 1 N–H and O–H groups in total. The van der Waals surface area contributed by atoms with E-state index in [1.807, 2.05) is 54.6 Å². The van der Waals surface area contributed by atoms with Crippen LogP contribution in [0.4, 0.5) is 0 Å². The summed E-state index contributed by atoms with van der Waals surface area (Å²) >= 11 is 1.36. The van der Waals surface area contributed by atoms with E-state index in [4.69, 9.17) is 4.74 Å². The second-order valence-corrected chi connectivity index (χ2v) is 5.71. The number of methoxy groups -OCH3 is 1. The fourth-order valence-electron chi connectivity index (χ4n) is 2.09. The SMILES string of the molecule is COc1ccc(C(CC(=O)c2ccccc2)SCO)cc1. The normalized spacial score (nSPS) is 11.9. The smallest absolute Gasteiger partial charge is 0.164 e. The van der Waals surface area contributed by atoms with Crippen LogP contribution in [0.15, 0.2) is 54.6 Å². The van der Waals surface area contributed by atoms with E-state index in [2.05, 4.69) is 0 Å². The van der Waals surface area contributed by atoms with Crippen molar-refractivity contribution in [2.75, 3.05) is 13.0 Å². The first-order valence-electron chi connectivity index (χ1n) is 6.69. The van der Waals surface area contributed by atoms with Crippen molar-refractivity contribution in [1.29, 1.82) is 0 Å². The number of ether oxygens (including phenoxy) is 1. The first-order valence-corrected chi connectivity index (χ1v) is 7.74.